The van der Waals surface area contributed by atoms with Crippen LogP contribution in [0.5, 0.6) is 11.5 Å². The second-order valence-corrected chi connectivity index (χ2v) is 4.82. The maximum atomic E-state index is 14.7. The van der Waals surface area contributed by atoms with Gasteiger partial charge in [0, 0.05) is 11.8 Å². The van der Waals surface area contributed by atoms with Gasteiger partial charge in [0.25, 0.3) is 0 Å². The molecule has 0 saturated carbocycles. The summed E-state index contributed by atoms with van der Waals surface area (Å²) < 4.78 is 39.8. The van der Waals surface area contributed by atoms with Crippen LogP contribution in [0.2, 0.25) is 0 Å². The third-order valence-electron chi connectivity index (χ3n) is 3.26. The van der Waals surface area contributed by atoms with E-state index >= 15 is 0 Å². The van der Waals surface area contributed by atoms with Crippen molar-refractivity contribution in [3.05, 3.63) is 47.0 Å². The lowest BCUT2D eigenvalue weighted by Crippen LogP contribution is -2.07. The number of anilines is 2. The fraction of sp³-hybridized carbons (Fsp3) is 0.222. The van der Waals surface area contributed by atoms with Gasteiger partial charge < -0.3 is 14.8 Å². The van der Waals surface area contributed by atoms with E-state index in [0.717, 1.165) is 0 Å². The van der Waals surface area contributed by atoms with Gasteiger partial charge in [-0.2, -0.15) is 10.5 Å². The monoisotopic (exact) mass is 343 g/mol. The number of nitrogens with zero attached hydrogens (tertiary/aromatic N) is 2. The van der Waals surface area contributed by atoms with Crippen LogP contribution in [0.4, 0.5) is 20.2 Å². The zero-order chi connectivity index (χ0) is 18.4. The molecule has 128 valence electrons. The third-order valence-corrected chi connectivity index (χ3v) is 3.26. The zero-order valence-electron chi connectivity index (χ0n) is 13.7. The second kappa shape index (κ2) is 7.98. The molecule has 25 heavy (non-hydrogen) atoms. The summed E-state index contributed by atoms with van der Waals surface area (Å²) in [5, 5.41) is 20.8. The number of hydrogen-bond donors (Lipinski definition) is 1. The Kier molecular flexibility index (Phi) is 5.75. The number of nitrogens with one attached hydrogen (secondary N) is 1. The minimum absolute atomic E-state index is 0.0563. The highest BCUT2D eigenvalue weighted by atomic mass is 19.1. The van der Waals surface area contributed by atoms with E-state index in [4.69, 9.17) is 20.0 Å². The smallest absolute Gasteiger partial charge is 0.186 e. The number of halogens is 2. The van der Waals surface area contributed by atoms with Gasteiger partial charge in [-0.25, -0.2) is 8.78 Å². The Bertz CT molecular complexity index is 870. The molecule has 0 heterocycles. The Balaban J connectivity index is 2.60. The molecular formula is C18H15F2N3O2. The molecule has 0 fully saturated rings. The number of ether oxygens (including phenoxy) is 2. The molecule has 0 amide bonds. The van der Waals surface area contributed by atoms with Gasteiger partial charge in [-0.05, 0) is 26.0 Å². The number of rotatable bonds is 6. The standard InChI is InChI=1S/C18H15F2N3O2/c1-3-24-12-7-5-6-11(8-12)23-17-15(19)13(9-21)14(10-22)16(20)18(17)25-4-2/h5-8,23H,3-4H2,1-2H3. The van der Waals surface area contributed by atoms with E-state index in [0.29, 0.717) is 18.0 Å². The molecule has 0 aliphatic heterocycles. The van der Waals surface area contributed by atoms with Gasteiger partial charge in [0.15, 0.2) is 17.4 Å². The van der Waals surface area contributed by atoms with E-state index in [2.05, 4.69) is 5.32 Å². The van der Waals surface area contributed by atoms with Crippen molar-refractivity contribution in [3.8, 4) is 23.6 Å². The van der Waals surface area contributed by atoms with Crippen molar-refractivity contribution >= 4 is 11.4 Å². The van der Waals surface area contributed by atoms with E-state index in [9.17, 15) is 8.78 Å². The second-order valence-electron chi connectivity index (χ2n) is 4.82. The Morgan fingerprint density at radius 3 is 2.24 bits per heavy atom. The first-order chi connectivity index (χ1) is 12.1. The summed E-state index contributed by atoms with van der Waals surface area (Å²) in [7, 11) is 0. The predicted molar refractivity (Wildman–Crippen MR) is 87.9 cm³/mol. The summed E-state index contributed by atoms with van der Waals surface area (Å²) in [5.74, 6) is -2.03. The highest BCUT2D eigenvalue weighted by Crippen LogP contribution is 2.38. The summed E-state index contributed by atoms with van der Waals surface area (Å²) in [6.45, 7) is 3.93. The largest absolute Gasteiger partial charge is 0.494 e. The molecule has 0 aliphatic carbocycles. The van der Waals surface area contributed by atoms with Crippen LogP contribution in [-0.4, -0.2) is 13.2 Å². The minimum Gasteiger partial charge on any atom is -0.494 e. The van der Waals surface area contributed by atoms with Crippen LogP contribution in [-0.2, 0) is 0 Å². The molecular weight excluding hydrogens is 328 g/mol. The first kappa shape index (κ1) is 18.0. The van der Waals surface area contributed by atoms with E-state index in [1.807, 2.05) is 6.92 Å². The lowest BCUT2D eigenvalue weighted by molar-refractivity contribution is 0.321. The topological polar surface area (TPSA) is 78.1 Å². The average molecular weight is 343 g/mol. The molecule has 0 unspecified atom stereocenters. The minimum atomic E-state index is -1.08. The summed E-state index contributed by atoms with van der Waals surface area (Å²) in [6.07, 6.45) is 0. The van der Waals surface area contributed by atoms with Crippen molar-refractivity contribution in [2.24, 2.45) is 0 Å². The predicted octanol–water partition coefficient (Wildman–Crippen LogP) is 4.25. The maximum Gasteiger partial charge on any atom is 0.186 e. The van der Waals surface area contributed by atoms with Crippen LogP contribution in [0.1, 0.15) is 25.0 Å². The summed E-state index contributed by atoms with van der Waals surface area (Å²) >= 11 is 0. The summed E-state index contributed by atoms with van der Waals surface area (Å²) in [4.78, 5) is 0. The number of hydrogen-bond acceptors (Lipinski definition) is 5. The van der Waals surface area contributed by atoms with E-state index in [1.165, 1.54) is 12.1 Å². The third kappa shape index (κ3) is 3.61. The van der Waals surface area contributed by atoms with Crippen molar-refractivity contribution in [2.75, 3.05) is 18.5 Å². The lowest BCUT2D eigenvalue weighted by atomic mass is 10.1. The highest BCUT2D eigenvalue weighted by molar-refractivity contribution is 5.73. The van der Waals surface area contributed by atoms with Gasteiger partial charge in [0.2, 0.25) is 0 Å². The van der Waals surface area contributed by atoms with E-state index < -0.39 is 28.5 Å². The van der Waals surface area contributed by atoms with E-state index in [-0.39, 0.29) is 12.3 Å². The molecule has 5 nitrogen and oxygen atoms in total. The summed E-state index contributed by atoms with van der Waals surface area (Å²) in [6, 6.07) is 9.65. The van der Waals surface area contributed by atoms with E-state index in [1.54, 1.807) is 31.2 Å². The molecule has 0 aromatic heterocycles. The molecule has 0 aliphatic rings. The fourth-order valence-electron chi connectivity index (χ4n) is 2.24. The quantitative estimate of drug-likeness (QED) is 0.848. The lowest BCUT2D eigenvalue weighted by Gasteiger charge is -2.16. The zero-order valence-corrected chi connectivity index (χ0v) is 13.7. The average Bonchev–Trinajstić information content (AvgIpc) is 2.61. The molecule has 0 atom stereocenters. The van der Waals surface area contributed by atoms with Gasteiger partial charge >= 0.3 is 0 Å². The summed E-state index contributed by atoms with van der Waals surface area (Å²) in [5.41, 5.74) is -1.29. The van der Waals surface area contributed by atoms with Gasteiger partial charge in [0.1, 0.15) is 34.7 Å². The number of nitriles is 2. The van der Waals surface area contributed by atoms with Gasteiger partial charge in [-0.1, -0.05) is 6.07 Å². The Labute approximate surface area is 144 Å². The van der Waals surface area contributed by atoms with Gasteiger partial charge in [0.05, 0.1) is 13.2 Å². The molecule has 2 aromatic carbocycles. The van der Waals surface area contributed by atoms with Crippen LogP contribution < -0.4 is 14.8 Å². The first-order valence-electron chi connectivity index (χ1n) is 7.55. The van der Waals surface area contributed by atoms with Crippen molar-refractivity contribution in [1.29, 1.82) is 10.5 Å². The van der Waals surface area contributed by atoms with Crippen LogP contribution in [0.3, 0.4) is 0 Å². The molecule has 0 radical (unpaired) electrons. The molecule has 0 saturated heterocycles. The molecule has 2 aromatic rings. The molecule has 7 heteroatoms. The molecule has 0 spiro atoms. The highest BCUT2D eigenvalue weighted by Gasteiger charge is 2.26. The van der Waals surface area contributed by atoms with Crippen molar-refractivity contribution in [1.82, 2.24) is 0 Å². The van der Waals surface area contributed by atoms with Crippen LogP contribution in [0.15, 0.2) is 24.3 Å². The van der Waals surface area contributed by atoms with Gasteiger partial charge in [-0.3, -0.25) is 0 Å². The van der Waals surface area contributed by atoms with Gasteiger partial charge in [-0.15, -0.1) is 0 Å². The Hall–Kier alpha value is -3.32. The van der Waals surface area contributed by atoms with Crippen molar-refractivity contribution < 1.29 is 18.3 Å². The Morgan fingerprint density at radius 1 is 1.00 bits per heavy atom. The first-order valence-corrected chi connectivity index (χ1v) is 7.55. The molecule has 0 bridgehead atoms. The fourth-order valence-corrected chi connectivity index (χ4v) is 2.24. The van der Waals surface area contributed by atoms with Crippen molar-refractivity contribution in [3.63, 3.8) is 0 Å². The van der Waals surface area contributed by atoms with Crippen LogP contribution in [0.25, 0.3) is 0 Å². The Morgan fingerprint density at radius 2 is 1.64 bits per heavy atom. The SMILES string of the molecule is CCOc1cccc(Nc2c(F)c(C#N)c(C#N)c(F)c2OCC)c1. The van der Waals surface area contributed by atoms with Crippen molar-refractivity contribution in [2.45, 2.75) is 13.8 Å². The van der Waals surface area contributed by atoms with Crippen LogP contribution >= 0.6 is 0 Å². The molecule has 1 N–H and O–H groups in total. The normalized spacial score (nSPS) is 9.84. The number of benzene rings is 2. The maximum absolute atomic E-state index is 14.7. The molecule has 2 rings (SSSR count). The van der Waals surface area contributed by atoms with Crippen LogP contribution in [0, 0.1) is 34.3 Å².